The fourth-order valence-corrected chi connectivity index (χ4v) is 0.686. The van der Waals surface area contributed by atoms with Crippen LogP contribution in [0.5, 0.6) is 0 Å². The summed E-state index contributed by atoms with van der Waals surface area (Å²) in [5.41, 5.74) is 5.43. The van der Waals surface area contributed by atoms with Gasteiger partial charge in [-0.15, -0.1) is 0 Å². The van der Waals surface area contributed by atoms with Gasteiger partial charge in [0.05, 0.1) is 7.11 Å². The summed E-state index contributed by atoms with van der Waals surface area (Å²) in [5.74, 6) is -0.0863. The molecule has 1 aromatic rings. The van der Waals surface area contributed by atoms with Crippen LogP contribution in [0.1, 0.15) is 11.9 Å². The normalized spacial score (nSPS) is 12.5. The number of ether oxygens (including phenoxy) is 1. The maximum absolute atomic E-state index is 10.8. The van der Waals surface area contributed by atoms with E-state index in [1.807, 2.05) is 0 Å². The number of carbonyl (C=O) groups excluding carboxylic acids is 1. The SMILES string of the molecule is COC(=O)C(N)c1ncc[nH]1. The van der Waals surface area contributed by atoms with Crippen molar-refractivity contribution in [2.24, 2.45) is 5.73 Å². The third-order valence-corrected chi connectivity index (χ3v) is 1.27. The molecule has 0 saturated carbocycles. The van der Waals surface area contributed by atoms with E-state index in [2.05, 4.69) is 14.7 Å². The maximum atomic E-state index is 10.8. The van der Waals surface area contributed by atoms with Gasteiger partial charge in [0, 0.05) is 12.4 Å². The fourth-order valence-electron chi connectivity index (χ4n) is 0.686. The molecule has 0 fully saturated rings. The quantitative estimate of drug-likeness (QED) is 0.568. The van der Waals surface area contributed by atoms with E-state index < -0.39 is 12.0 Å². The summed E-state index contributed by atoms with van der Waals surface area (Å²) >= 11 is 0. The van der Waals surface area contributed by atoms with Crippen molar-refractivity contribution in [1.29, 1.82) is 0 Å². The van der Waals surface area contributed by atoms with Crippen LogP contribution in [0.4, 0.5) is 0 Å². The highest BCUT2D eigenvalue weighted by molar-refractivity contribution is 5.75. The largest absolute Gasteiger partial charge is 0.468 e. The number of aromatic amines is 1. The van der Waals surface area contributed by atoms with E-state index in [4.69, 9.17) is 5.73 Å². The van der Waals surface area contributed by atoms with Crippen LogP contribution in [0.25, 0.3) is 0 Å². The zero-order valence-corrected chi connectivity index (χ0v) is 6.07. The first-order valence-corrected chi connectivity index (χ1v) is 3.08. The van der Waals surface area contributed by atoms with Gasteiger partial charge in [0.25, 0.3) is 0 Å². The highest BCUT2D eigenvalue weighted by Crippen LogP contribution is 2.03. The Morgan fingerprint density at radius 3 is 3.09 bits per heavy atom. The van der Waals surface area contributed by atoms with Crippen LogP contribution in [-0.2, 0) is 9.53 Å². The van der Waals surface area contributed by atoms with Gasteiger partial charge in [0.1, 0.15) is 5.82 Å². The number of H-pyrrole nitrogens is 1. The van der Waals surface area contributed by atoms with Crippen molar-refractivity contribution < 1.29 is 9.53 Å². The Labute approximate surface area is 63.6 Å². The number of methoxy groups -OCH3 is 1. The Morgan fingerprint density at radius 2 is 2.64 bits per heavy atom. The molecule has 0 saturated heterocycles. The molecule has 1 heterocycles. The van der Waals surface area contributed by atoms with E-state index in [0.29, 0.717) is 5.82 Å². The number of imidazole rings is 1. The molecule has 0 aliphatic rings. The minimum Gasteiger partial charge on any atom is -0.468 e. The Kier molecular flexibility index (Phi) is 2.22. The van der Waals surface area contributed by atoms with E-state index in [0.717, 1.165) is 0 Å². The molecular weight excluding hydrogens is 146 g/mol. The van der Waals surface area contributed by atoms with Gasteiger partial charge in [0.15, 0.2) is 6.04 Å². The average Bonchev–Trinajstić information content (AvgIpc) is 2.53. The molecule has 0 bridgehead atoms. The lowest BCUT2D eigenvalue weighted by atomic mass is 10.3. The van der Waals surface area contributed by atoms with Gasteiger partial charge in [-0.3, -0.25) is 0 Å². The summed E-state index contributed by atoms with van der Waals surface area (Å²) < 4.78 is 4.41. The van der Waals surface area contributed by atoms with Gasteiger partial charge in [0.2, 0.25) is 0 Å². The van der Waals surface area contributed by atoms with Crippen LogP contribution < -0.4 is 5.73 Å². The molecule has 1 unspecified atom stereocenters. The number of carbonyl (C=O) groups is 1. The maximum Gasteiger partial charge on any atom is 0.330 e. The number of aromatic nitrogens is 2. The van der Waals surface area contributed by atoms with Gasteiger partial charge in [-0.2, -0.15) is 0 Å². The first-order valence-electron chi connectivity index (χ1n) is 3.08. The highest BCUT2D eigenvalue weighted by Gasteiger charge is 2.17. The van der Waals surface area contributed by atoms with Crippen LogP contribution in [0.3, 0.4) is 0 Å². The van der Waals surface area contributed by atoms with Gasteiger partial charge in [-0.1, -0.05) is 0 Å². The van der Waals surface area contributed by atoms with E-state index in [1.165, 1.54) is 13.3 Å². The number of nitrogens with zero attached hydrogens (tertiary/aromatic N) is 1. The highest BCUT2D eigenvalue weighted by atomic mass is 16.5. The zero-order valence-electron chi connectivity index (χ0n) is 6.07. The van der Waals surface area contributed by atoms with Crippen LogP contribution >= 0.6 is 0 Å². The topological polar surface area (TPSA) is 81.0 Å². The molecule has 11 heavy (non-hydrogen) atoms. The Hall–Kier alpha value is -1.36. The van der Waals surface area contributed by atoms with E-state index in [-0.39, 0.29) is 0 Å². The number of rotatable bonds is 2. The minimum atomic E-state index is -0.810. The molecule has 0 radical (unpaired) electrons. The summed E-state index contributed by atoms with van der Waals surface area (Å²) in [7, 11) is 1.28. The van der Waals surface area contributed by atoms with Crippen molar-refractivity contribution >= 4 is 5.97 Å². The van der Waals surface area contributed by atoms with Gasteiger partial charge < -0.3 is 15.5 Å². The summed E-state index contributed by atoms with van der Waals surface area (Å²) in [6.45, 7) is 0. The molecule has 5 heteroatoms. The van der Waals surface area contributed by atoms with Gasteiger partial charge in [-0.25, -0.2) is 9.78 Å². The van der Waals surface area contributed by atoms with Crippen LogP contribution in [0.15, 0.2) is 12.4 Å². The number of nitrogens with one attached hydrogen (secondary N) is 1. The fraction of sp³-hybridized carbons (Fsp3) is 0.333. The van der Waals surface area contributed by atoms with E-state index in [1.54, 1.807) is 6.20 Å². The Balaban J connectivity index is 2.70. The first-order chi connectivity index (χ1) is 5.25. The Morgan fingerprint density at radius 1 is 1.91 bits per heavy atom. The first kappa shape index (κ1) is 7.74. The average molecular weight is 155 g/mol. The van der Waals surface area contributed by atoms with Gasteiger partial charge >= 0.3 is 5.97 Å². The van der Waals surface area contributed by atoms with Crippen molar-refractivity contribution in [1.82, 2.24) is 9.97 Å². The lowest BCUT2D eigenvalue weighted by molar-refractivity contribution is -0.142. The van der Waals surface area contributed by atoms with Crippen molar-refractivity contribution in [3.8, 4) is 0 Å². The van der Waals surface area contributed by atoms with Crippen LogP contribution in [0, 0.1) is 0 Å². The van der Waals surface area contributed by atoms with Crippen LogP contribution in [0.2, 0.25) is 0 Å². The monoisotopic (exact) mass is 155 g/mol. The van der Waals surface area contributed by atoms with E-state index >= 15 is 0 Å². The molecule has 1 atom stereocenters. The number of nitrogens with two attached hydrogens (primary N) is 1. The predicted octanol–water partition coefficient (Wildman–Crippen LogP) is -0.418. The molecule has 5 nitrogen and oxygen atoms in total. The third kappa shape index (κ3) is 1.56. The molecule has 3 N–H and O–H groups in total. The Bertz CT molecular complexity index is 232. The van der Waals surface area contributed by atoms with E-state index in [9.17, 15) is 4.79 Å². The molecule has 1 aromatic heterocycles. The molecule has 1 rings (SSSR count). The third-order valence-electron chi connectivity index (χ3n) is 1.27. The molecule has 0 aliphatic heterocycles. The molecular formula is C6H9N3O2. The summed E-state index contributed by atoms with van der Waals surface area (Å²) in [4.78, 5) is 17.3. The summed E-state index contributed by atoms with van der Waals surface area (Å²) in [6, 6.07) is -0.810. The van der Waals surface area contributed by atoms with Crippen molar-refractivity contribution in [2.45, 2.75) is 6.04 Å². The lowest BCUT2D eigenvalue weighted by Crippen LogP contribution is -2.23. The molecule has 0 aliphatic carbocycles. The van der Waals surface area contributed by atoms with Crippen LogP contribution in [-0.4, -0.2) is 23.0 Å². The standard InChI is InChI=1S/C6H9N3O2/c1-11-6(10)4(7)5-8-2-3-9-5/h2-4H,7H2,1H3,(H,8,9). The number of esters is 1. The molecule has 0 spiro atoms. The van der Waals surface area contributed by atoms with Gasteiger partial charge in [-0.05, 0) is 0 Å². The second kappa shape index (κ2) is 3.16. The van der Waals surface area contributed by atoms with Crippen molar-refractivity contribution in [2.75, 3.05) is 7.11 Å². The van der Waals surface area contributed by atoms with Crippen molar-refractivity contribution in [3.05, 3.63) is 18.2 Å². The smallest absolute Gasteiger partial charge is 0.330 e. The summed E-state index contributed by atoms with van der Waals surface area (Å²) in [6.07, 6.45) is 3.12. The van der Waals surface area contributed by atoms with Crippen molar-refractivity contribution in [3.63, 3.8) is 0 Å². The molecule has 0 amide bonds. The second-order valence-corrected chi connectivity index (χ2v) is 1.98. The second-order valence-electron chi connectivity index (χ2n) is 1.98. The minimum absolute atomic E-state index is 0.414. The number of hydrogen-bond donors (Lipinski definition) is 2. The number of hydrogen-bond acceptors (Lipinski definition) is 4. The summed E-state index contributed by atoms with van der Waals surface area (Å²) in [5, 5.41) is 0. The lowest BCUT2D eigenvalue weighted by Gasteiger charge is -2.04. The zero-order chi connectivity index (χ0) is 8.27. The molecule has 60 valence electrons. The predicted molar refractivity (Wildman–Crippen MR) is 37.5 cm³/mol. The molecule has 0 aromatic carbocycles.